The van der Waals surface area contributed by atoms with Crippen molar-refractivity contribution in [1.29, 1.82) is 0 Å². The minimum absolute atomic E-state index is 0.00942. The number of nitrogens with zero attached hydrogens (tertiary/aromatic N) is 1. The molecule has 2 aromatic carbocycles. The molecule has 0 bridgehead atoms. The van der Waals surface area contributed by atoms with Crippen LogP contribution in [0.1, 0.15) is 16.1 Å². The van der Waals surface area contributed by atoms with Gasteiger partial charge >= 0.3 is 5.69 Å². The van der Waals surface area contributed by atoms with Crippen molar-refractivity contribution >= 4 is 26.8 Å². The van der Waals surface area contributed by atoms with E-state index in [0.717, 1.165) is 0 Å². The van der Waals surface area contributed by atoms with Crippen LogP contribution in [0.25, 0.3) is 10.9 Å². The Morgan fingerprint density at radius 1 is 1.12 bits per heavy atom. The van der Waals surface area contributed by atoms with E-state index < -0.39 is 21.6 Å². The number of aromatic nitrogens is 2. The van der Waals surface area contributed by atoms with Crippen LogP contribution in [0.2, 0.25) is 0 Å². The number of carbonyl (C=O) groups excluding carboxylic acids is 1. The molecule has 0 spiro atoms. The first-order valence-electron chi connectivity index (χ1n) is 7.23. The highest BCUT2D eigenvalue weighted by molar-refractivity contribution is 7.89. The monoisotopic (exact) mass is 358 g/mol. The fourth-order valence-corrected chi connectivity index (χ4v) is 2.86. The van der Waals surface area contributed by atoms with Gasteiger partial charge in [0.05, 0.1) is 10.4 Å². The van der Waals surface area contributed by atoms with Crippen LogP contribution < -0.4 is 16.1 Å². The van der Waals surface area contributed by atoms with Crippen molar-refractivity contribution in [2.24, 2.45) is 5.14 Å². The number of sulfonamides is 1. The molecule has 0 fully saturated rings. The highest BCUT2D eigenvalue weighted by atomic mass is 32.2. The van der Waals surface area contributed by atoms with E-state index in [9.17, 15) is 18.0 Å². The number of rotatable bonds is 4. The molecule has 4 N–H and O–H groups in total. The van der Waals surface area contributed by atoms with E-state index in [1.165, 1.54) is 12.1 Å². The van der Waals surface area contributed by atoms with E-state index in [4.69, 9.17) is 5.14 Å². The molecule has 128 valence electrons. The average molecular weight is 358 g/mol. The van der Waals surface area contributed by atoms with Gasteiger partial charge in [0, 0.05) is 11.9 Å². The van der Waals surface area contributed by atoms with Crippen molar-refractivity contribution in [2.75, 3.05) is 0 Å². The number of primary sulfonamides is 1. The summed E-state index contributed by atoms with van der Waals surface area (Å²) in [5.74, 6) is -0.502. The van der Waals surface area contributed by atoms with E-state index in [1.54, 1.807) is 36.4 Å². The van der Waals surface area contributed by atoms with Gasteiger partial charge in [0.1, 0.15) is 5.69 Å². The number of H-pyrrole nitrogens is 1. The summed E-state index contributed by atoms with van der Waals surface area (Å²) in [6.45, 7) is 0.145. The molecule has 3 aromatic rings. The molecule has 1 heterocycles. The Morgan fingerprint density at radius 2 is 1.80 bits per heavy atom. The summed E-state index contributed by atoms with van der Waals surface area (Å²) in [6, 6.07) is 12.7. The van der Waals surface area contributed by atoms with Gasteiger partial charge in [-0.1, -0.05) is 30.3 Å². The molecule has 0 saturated carbocycles. The summed E-state index contributed by atoms with van der Waals surface area (Å²) in [4.78, 5) is 30.3. The third kappa shape index (κ3) is 3.73. The lowest BCUT2D eigenvalue weighted by molar-refractivity contribution is 0.0947. The van der Waals surface area contributed by atoms with Crippen molar-refractivity contribution in [1.82, 2.24) is 15.3 Å². The lowest BCUT2D eigenvalue weighted by atomic mass is 10.1. The van der Waals surface area contributed by atoms with Crippen LogP contribution in [0, 0.1) is 0 Å². The van der Waals surface area contributed by atoms with Gasteiger partial charge in [-0.05, 0) is 23.8 Å². The van der Waals surface area contributed by atoms with Gasteiger partial charge in [0.15, 0.2) is 0 Å². The molecule has 0 aliphatic heterocycles. The van der Waals surface area contributed by atoms with Crippen LogP contribution in [-0.4, -0.2) is 24.3 Å². The number of aromatic amines is 1. The van der Waals surface area contributed by atoms with Gasteiger partial charge in [-0.3, -0.25) is 4.79 Å². The number of carbonyl (C=O) groups is 1. The lowest BCUT2D eigenvalue weighted by Crippen LogP contribution is -2.27. The summed E-state index contributed by atoms with van der Waals surface area (Å²) < 4.78 is 22.4. The normalized spacial score (nSPS) is 11.4. The summed E-state index contributed by atoms with van der Waals surface area (Å²) >= 11 is 0. The molecule has 0 aliphatic carbocycles. The summed E-state index contributed by atoms with van der Waals surface area (Å²) in [6.07, 6.45) is 0. The van der Waals surface area contributed by atoms with E-state index in [2.05, 4.69) is 15.3 Å². The van der Waals surface area contributed by atoms with Crippen LogP contribution in [-0.2, 0) is 16.6 Å². The van der Waals surface area contributed by atoms with Gasteiger partial charge < -0.3 is 10.3 Å². The van der Waals surface area contributed by atoms with Crippen molar-refractivity contribution in [3.63, 3.8) is 0 Å². The number of nitrogens with two attached hydrogens (primary N) is 1. The van der Waals surface area contributed by atoms with Gasteiger partial charge in [0.25, 0.3) is 5.91 Å². The first kappa shape index (κ1) is 16.8. The van der Waals surface area contributed by atoms with E-state index in [-0.39, 0.29) is 17.1 Å². The Morgan fingerprint density at radius 3 is 2.48 bits per heavy atom. The Balaban J connectivity index is 1.81. The van der Waals surface area contributed by atoms with Crippen LogP contribution >= 0.6 is 0 Å². The fraction of sp³-hybridized carbons (Fsp3) is 0.0625. The molecule has 0 radical (unpaired) electrons. The SMILES string of the molecule is NS(=O)(=O)c1ccc(CNC(=O)c2nc(=O)[nH]c3ccccc23)cc1. The summed E-state index contributed by atoms with van der Waals surface area (Å²) in [5.41, 5.74) is 0.613. The predicted octanol–water partition coefficient (Wildman–Crippen LogP) is 0.500. The zero-order valence-electron chi connectivity index (χ0n) is 12.9. The summed E-state index contributed by atoms with van der Waals surface area (Å²) in [7, 11) is -3.76. The second kappa shape index (κ2) is 6.46. The van der Waals surface area contributed by atoms with E-state index in [1.807, 2.05) is 0 Å². The standard InChI is InChI=1S/C16H14N4O4S/c17-25(23,24)11-7-5-10(6-8-11)9-18-15(21)14-12-3-1-2-4-13(12)19-16(22)20-14/h1-8H,9H2,(H,18,21)(H2,17,23,24)(H,19,20,22). The molecular weight excluding hydrogens is 344 g/mol. The first-order chi connectivity index (χ1) is 11.8. The Bertz CT molecular complexity index is 1100. The Hall–Kier alpha value is -3.04. The minimum atomic E-state index is -3.76. The molecule has 1 amide bonds. The number of hydrogen-bond donors (Lipinski definition) is 3. The summed E-state index contributed by atoms with van der Waals surface area (Å²) in [5, 5.41) is 8.22. The van der Waals surface area contributed by atoms with Crippen molar-refractivity contribution in [3.05, 3.63) is 70.3 Å². The number of fused-ring (bicyclic) bond motifs is 1. The second-order valence-corrected chi connectivity index (χ2v) is 6.87. The molecule has 9 heteroatoms. The van der Waals surface area contributed by atoms with Crippen molar-refractivity contribution in [2.45, 2.75) is 11.4 Å². The van der Waals surface area contributed by atoms with E-state index in [0.29, 0.717) is 16.5 Å². The second-order valence-electron chi connectivity index (χ2n) is 5.31. The van der Waals surface area contributed by atoms with Crippen LogP contribution in [0.5, 0.6) is 0 Å². The molecule has 25 heavy (non-hydrogen) atoms. The lowest BCUT2D eigenvalue weighted by Gasteiger charge is -2.07. The van der Waals surface area contributed by atoms with E-state index >= 15 is 0 Å². The smallest absolute Gasteiger partial charge is 0.346 e. The quantitative estimate of drug-likeness (QED) is 0.624. The zero-order chi connectivity index (χ0) is 18.0. The molecule has 0 aliphatic rings. The molecule has 1 aromatic heterocycles. The maximum atomic E-state index is 12.4. The van der Waals surface area contributed by atoms with Gasteiger partial charge in [0.2, 0.25) is 10.0 Å². The Labute approximate surface area is 142 Å². The molecule has 0 unspecified atom stereocenters. The molecule has 3 rings (SSSR count). The number of para-hydroxylation sites is 1. The topological polar surface area (TPSA) is 135 Å². The zero-order valence-corrected chi connectivity index (χ0v) is 13.7. The number of nitrogens with one attached hydrogen (secondary N) is 2. The largest absolute Gasteiger partial charge is 0.347 e. The number of hydrogen-bond acceptors (Lipinski definition) is 5. The third-order valence-corrected chi connectivity index (χ3v) is 4.49. The molecule has 0 saturated heterocycles. The minimum Gasteiger partial charge on any atom is -0.347 e. The van der Waals surface area contributed by atoms with Crippen LogP contribution in [0.15, 0.2) is 58.2 Å². The van der Waals surface area contributed by atoms with Crippen LogP contribution in [0.4, 0.5) is 0 Å². The van der Waals surface area contributed by atoms with Crippen molar-refractivity contribution < 1.29 is 13.2 Å². The number of amides is 1. The fourth-order valence-electron chi connectivity index (χ4n) is 2.34. The first-order valence-corrected chi connectivity index (χ1v) is 8.78. The van der Waals surface area contributed by atoms with Crippen molar-refractivity contribution in [3.8, 4) is 0 Å². The van der Waals surface area contributed by atoms with Gasteiger partial charge in [-0.25, -0.2) is 18.4 Å². The van der Waals surface area contributed by atoms with Gasteiger partial charge in [-0.15, -0.1) is 0 Å². The molecule has 0 atom stereocenters. The highest BCUT2D eigenvalue weighted by Gasteiger charge is 2.13. The van der Waals surface area contributed by atoms with Gasteiger partial charge in [-0.2, -0.15) is 4.98 Å². The Kier molecular flexibility index (Phi) is 4.34. The third-order valence-electron chi connectivity index (χ3n) is 3.56. The highest BCUT2D eigenvalue weighted by Crippen LogP contribution is 2.13. The maximum Gasteiger partial charge on any atom is 0.346 e. The predicted molar refractivity (Wildman–Crippen MR) is 91.3 cm³/mol. The molecule has 8 nitrogen and oxygen atoms in total. The number of benzene rings is 2. The molecular formula is C16H14N4O4S. The van der Waals surface area contributed by atoms with Crippen LogP contribution in [0.3, 0.4) is 0 Å². The average Bonchev–Trinajstić information content (AvgIpc) is 2.58. The maximum absolute atomic E-state index is 12.4.